The second kappa shape index (κ2) is 8.12. The van der Waals surface area contributed by atoms with Gasteiger partial charge >= 0.3 is 0 Å². The summed E-state index contributed by atoms with van der Waals surface area (Å²) in [5.41, 5.74) is 0. The Balaban J connectivity index is 1.63. The topological polar surface area (TPSA) is 9.72 Å². The van der Waals surface area contributed by atoms with Gasteiger partial charge in [0, 0.05) is 57.4 Å². The highest BCUT2D eigenvalue weighted by molar-refractivity contribution is 4.86. The fourth-order valence-electron chi connectivity index (χ4n) is 3.87. The minimum absolute atomic E-state index is 0.706. The summed E-state index contributed by atoms with van der Waals surface area (Å²) in [6.07, 6.45) is 2.71. The fraction of sp³-hybridized carbons (Fsp3) is 1.00. The summed E-state index contributed by atoms with van der Waals surface area (Å²) in [7, 11) is 0. The van der Waals surface area contributed by atoms with Gasteiger partial charge in [0.2, 0.25) is 0 Å². The van der Waals surface area contributed by atoms with Crippen molar-refractivity contribution in [1.29, 1.82) is 0 Å². The van der Waals surface area contributed by atoms with E-state index in [1.54, 1.807) is 0 Å². The van der Waals surface area contributed by atoms with Crippen LogP contribution in [0.3, 0.4) is 0 Å². The van der Waals surface area contributed by atoms with Crippen molar-refractivity contribution in [3.05, 3.63) is 0 Å². The normalized spacial score (nSPS) is 25.6. The molecule has 2 saturated heterocycles. The summed E-state index contributed by atoms with van der Waals surface area (Å²) in [6.45, 7) is 21.9. The minimum atomic E-state index is 0.706. The Kier molecular flexibility index (Phi) is 6.73. The molecule has 22 heavy (non-hydrogen) atoms. The molecule has 0 radical (unpaired) electrons. The molecule has 3 heteroatoms. The lowest BCUT2D eigenvalue weighted by Crippen LogP contribution is -2.53. The molecule has 0 N–H and O–H groups in total. The summed E-state index contributed by atoms with van der Waals surface area (Å²) in [5, 5.41) is 0. The Labute approximate surface area is 139 Å². The van der Waals surface area contributed by atoms with Gasteiger partial charge in [-0.15, -0.1) is 0 Å². The highest BCUT2D eigenvalue weighted by Gasteiger charge is 2.32. The van der Waals surface area contributed by atoms with Gasteiger partial charge in [0.1, 0.15) is 0 Å². The van der Waals surface area contributed by atoms with Crippen molar-refractivity contribution in [3.63, 3.8) is 0 Å². The molecule has 0 spiro atoms. The number of rotatable bonds is 7. The van der Waals surface area contributed by atoms with E-state index in [0.717, 1.165) is 23.9 Å². The van der Waals surface area contributed by atoms with Gasteiger partial charge in [-0.05, 0) is 52.4 Å². The average molecular weight is 310 g/mol. The Morgan fingerprint density at radius 1 is 0.682 bits per heavy atom. The smallest absolute Gasteiger partial charge is 0.0113 e. The molecular formula is C19H39N3. The summed E-state index contributed by atoms with van der Waals surface area (Å²) < 4.78 is 0. The second-order valence-electron chi connectivity index (χ2n) is 8.40. The van der Waals surface area contributed by atoms with E-state index in [9.17, 15) is 0 Å². The lowest BCUT2D eigenvalue weighted by molar-refractivity contribution is 0.0249. The molecular weight excluding hydrogens is 270 g/mol. The van der Waals surface area contributed by atoms with E-state index in [1.807, 2.05) is 0 Å². The van der Waals surface area contributed by atoms with Gasteiger partial charge in [-0.25, -0.2) is 0 Å². The SMILES string of the molecule is CC(C)C1CN(C(C)CCC(C)N2CCN(C(C)C)CC2)C1. The third-order valence-corrected chi connectivity index (χ3v) is 6.21. The molecule has 2 heterocycles. The van der Waals surface area contributed by atoms with Gasteiger partial charge in [-0.1, -0.05) is 13.8 Å². The largest absolute Gasteiger partial charge is 0.300 e. The highest BCUT2D eigenvalue weighted by atomic mass is 15.3. The van der Waals surface area contributed by atoms with Crippen molar-refractivity contribution < 1.29 is 0 Å². The maximum absolute atomic E-state index is 2.71. The van der Waals surface area contributed by atoms with Crippen LogP contribution in [-0.4, -0.2) is 72.1 Å². The predicted molar refractivity (Wildman–Crippen MR) is 96.3 cm³/mol. The molecule has 0 amide bonds. The van der Waals surface area contributed by atoms with Crippen molar-refractivity contribution in [2.45, 2.75) is 72.5 Å². The molecule has 2 aliphatic rings. The molecule has 130 valence electrons. The van der Waals surface area contributed by atoms with Gasteiger partial charge in [0.25, 0.3) is 0 Å². The summed E-state index contributed by atoms with van der Waals surface area (Å²) in [5.74, 6) is 1.81. The van der Waals surface area contributed by atoms with Gasteiger partial charge in [-0.3, -0.25) is 14.7 Å². The lowest BCUT2D eigenvalue weighted by Gasteiger charge is -2.46. The van der Waals surface area contributed by atoms with Crippen LogP contribution in [0.25, 0.3) is 0 Å². The van der Waals surface area contributed by atoms with Crippen LogP contribution >= 0.6 is 0 Å². The predicted octanol–water partition coefficient (Wildman–Crippen LogP) is 3.16. The van der Waals surface area contributed by atoms with E-state index in [2.05, 4.69) is 56.2 Å². The maximum atomic E-state index is 2.71. The highest BCUT2D eigenvalue weighted by Crippen LogP contribution is 2.27. The second-order valence-corrected chi connectivity index (χ2v) is 8.40. The van der Waals surface area contributed by atoms with Crippen molar-refractivity contribution in [2.75, 3.05) is 39.3 Å². The first-order valence-corrected chi connectivity index (χ1v) is 9.60. The van der Waals surface area contributed by atoms with Crippen molar-refractivity contribution in [1.82, 2.24) is 14.7 Å². The molecule has 0 aliphatic carbocycles. The summed E-state index contributed by atoms with van der Waals surface area (Å²) in [6, 6.07) is 2.23. The Morgan fingerprint density at radius 3 is 1.59 bits per heavy atom. The first-order chi connectivity index (χ1) is 10.4. The van der Waals surface area contributed by atoms with Crippen molar-refractivity contribution >= 4 is 0 Å². The molecule has 0 bridgehead atoms. The van der Waals surface area contributed by atoms with Gasteiger partial charge in [0.15, 0.2) is 0 Å². The molecule has 2 aliphatic heterocycles. The number of nitrogens with zero attached hydrogens (tertiary/aromatic N) is 3. The van der Waals surface area contributed by atoms with Crippen LogP contribution < -0.4 is 0 Å². The molecule has 2 atom stereocenters. The quantitative estimate of drug-likeness (QED) is 0.715. The summed E-state index contributed by atoms with van der Waals surface area (Å²) in [4.78, 5) is 8.00. The van der Waals surface area contributed by atoms with Crippen LogP contribution in [0.1, 0.15) is 54.4 Å². The van der Waals surface area contributed by atoms with Crippen molar-refractivity contribution in [2.24, 2.45) is 11.8 Å². The van der Waals surface area contributed by atoms with E-state index >= 15 is 0 Å². The number of hydrogen-bond donors (Lipinski definition) is 0. The minimum Gasteiger partial charge on any atom is -0.300 e. The number of likely N-dealkylation sites (tertiary alicyclic amines) is 1. The Morgan fingerprint density at radius 2 is 1.14 bits per heavy atom. The Hall–Kier alpha value is -0.120. The number of piperazine rings is 1. The molecule has 2 rings (SSSR count). The third kappa shape index (κ3) is 4.69. The van der Waals surface area contributed by atoms with E-state index in [1.165, 1.54) is 52.1 Å². The monoisotopic (exact) mass is 309 g/mol. The zero-order chi connectivity index (χ0) is 16.3. The standard InChI is InChI=1S/C19H39N3/c1-15(2)19-13-22(14-19)18(6)8-7-17(5)21-11-9-20(10-12-21)16(3)4/h15-19H,7-14H2,1-6H3. The first kappa shape index (κ1) is 18.2. The maximum Gasteiger partial charge on any atom is 0.0113 e. The van der Waals surface area contributed by atoms with Crippen LogP contribution in [0.2, 0.25) is 0 Å². The van der Waals surface area contributed by atoms with Gasteiger partial charge < -0.3 is 0 Å². The fourth-order valence-corrected chi connectivity index (χ4v) is 3.87. The van der Waals surface area contributed by atoms with E-state index < -0.39 is 0 Å². The summed E-state index contributed by atoms with van der Waals surface area (Å²) >= 11 is 0. The molecule has 3 nitrogen and oxygen atoms in total. The van der Waals surface area contributed by atoms with Gasteiger partial charge in [-0.2, -0.15) is 0 Å². The molecule has 0 aromatic rings. The van der Waals surface area contributed by atoms with Crippen LogP contribution in [-0.2, 0) is 0 Å². The van der Waals surface area contributed by atoms with E-state index in [4.69, 9.17) is 0 Å². The number of hydrogen-bond acceptors (Lipinski definition) is 3. The van der Waals surface area contributed by atoms with Crippen molar-refractivity contribution in [3.8, 4) is 0 Å². The lowest BCUT2D eigenvalue weighted by atomic mass is 9.86. The first-order valence-electron chi connectivity index (χ1n) is 9.60. The molecule has 0 saturated carbocycles. The van der Waals surface area contributed by atoms with Gasteiger partial charge in [0.05, 0.1) is 0 Å². The third-order valence-electron chi connectivity index (χ3n) is 6.21. The molecule has 0 aromatic carbocycles. The van der Waals surface area contributed by atoms with Crippen LogP contribution in [0, 0.1) is 11.8 Å². The molecule has 0 aromatic heterocycles. The van der Waals surface area contributed by atoms with Crippen LogP contribution in [0.4, 0.5) is 0 Å². The Bertz CT molecular complexity index is 315. The molecule has 2 unspecified atom stereocenters. The van der Waals surface area contributed by atoms with E-state index in [-0.39, 0.29) is 0 Å². The van der Waals surface area contributed by atoms with E-state index in [0.29, 0.717) is 6.04 Å². The average Bonchev–Trinajstić information content (AvgIpc) is 2.42. The van der Waals surface area contributed by atoms with Crippen LogP contribution in [0.15, 0.2) is 0 Å². The van der Waals surface area contributed by atoms with Crippen LogP contribution in [0.5, 0.6) is 0 Å². The zero-order valence-electron chi connectivity index (χ0n) is 15.9. The zero-order valence-corrected chi connectivity index (χ0v) is 15.9. The molecule has 2 fully saturated rings.